The van der Waals surface area contributed by atoms with Gasteiger partial charge in [-0.25, -0.2) is 0 Å². The van der Waals surface area contributed by atoms with Crippen LogP contribution in [0.2, 0.25) is 0 Å². The van der Waals surface area contributed by atoms with Crippen LogP contribution in [0.5, 0.6) is 0 Å². The van der Waals surface area contributed by atoms with E-state index in [2.05, 4.69) is 165 Å². The number of allylic oxidation sites excluding steroid dienone is 8. The van der Waals surface area contributed by atoms with Crippen molar-refractivity contribution in [3.05, 3.63) is 170 Å². The molecule has 0 amide bonds. The molecule has 0 spiro atoms. The molecule has 44 heavy (non-hydrogen) atoms. The number of anilines is 1. The Balaban J connectivity index is 1.45. The summed E-state index contributed by atoms with van der Waals surface area (Å²) >= 11 is 0. The summed E-state index contributed by atoms with van der Waals surface area (Å²) in [5, 5.41) is 2.55. The molecule has 0 fully saturated rings. The molecule has 5 aromatic rings. The Hall–Kier alpha value is -5.08. The molecule has 0 aliphatic heterocycles. The van der Waals surface area contributed by atoms with Gasteiger partial charge in [0.1, 0.15) is 0 Å². The molecule has 0 radical (unpaired) electrons. The van der Waals surface area contributed by atoms with Crippen LogP contribution in [-0.4, -0.2) is 4.57 Å². The first-order valence-electron chi connectivity index (χ1n) is 15.5. The summed E-state index contributed by atoms with van der Waals surface area (Å²) in [7, 11) is 0. The Morgan fingerprint density at radius 3 is 1.84 bits per heavy atom. The van der Waals surface area contributed by atoms with Crippen molar-refractivity contribution in [2.75, 3.05) is 4.90 Å². The van der Waals surface area contributed by atoms with Gasteiger partial charge < -0.3 is 9.47 Å². The molecule has 4 aromatic carbocycles. The highest BCUT2D eigenvalue weighted by Gasteiger charge is 2.14. The Morgan fingerprint density at radius 2 is 1.32 bits per heavy atom. The third-order valence-electron chi connectivity index (χ3n) is 8.12. The van der Waals surface area contributed by atoms with Crippen molar-refractivity contribution in [3.8, 4) is 16.8 Å². The van der Waals surface area contributed by atoms with Crippen LogP contribution in [0, 0.1) is 0 Å². The van der Waals surface area contributed by atoms with Gasteiger partial charge in [-0.3, -0.25) is 0 Å². The van der Waals surface area contributed by atoms with E-state index in [1.807, 2.05) is 18.2 Å². The second kappa shape index (κ2) is 14.4. The van der Waals surface area contributed by atoms with Gasteiger partial charge in [-0.05, 0) is 92.4 Å². The lowest BCUT2D eigenvalue weighted by Gasteiger charge is -2.27. The largest absolute Gasteiger partial charge is 0.311 e. The molecule has 0 saturated heterocycles. The van der Waals surface area contributed by atoms with Gasteiger partial charge in [0.05, 0.1) is 11.0 Å². The van der Waals surface area contributed by atoms with Crippen molar-refractivity contribution in [1.29, 1.82) is 0 Å². The van der Waals surface area contributed by atoms with E-state index in [9.17, 15) is 0 Å². The van der Waals surface area contributed by atoms with Gasteiger partial charge >= 0.3 is 0 Å². The molecule has 2 nitrogen and oxygen atoms in total. The molecule has 2 heteroatoms. The van der Waals surface area contributed by atoms with E-state index in [0.29, 0.717) is 0 Å². The minimum Gasteiger partial charge on any atom is -0.311 e. The maximum atomic E-state index is 4.10. The fourth-order valence-corrected chi connectivity index (χ4v) is 5.92. The Kier molecular flexibility index (Phi) is 9.94. The molecule has 0 unspecified atom stereocenters. The van der Waals surface area contributed by atoms with E-state index < -0.39 is 0 Å². The number of aromatic nitrogens is 1. The molecule has 1 aromatic heterocycles. The second-order valence-electron chi connectivity index (χ2n) is 10.8. The van der Waals surface area contributed by atoms with Crippen LogP contribution in [0.25, 0.3) is 38.6 Å². The van der Waals surface area contributed by atoms with Gasteiger partial charge in [0, 0.05) is 33.5 Å². The van der Waals surface area contributed by atoms with E-state index >= 15 is 0 Å². The molecule has 0 aliphatic carbocycles. The summed E-state index contributed by atoms with van der Waals surface area (Å²) < 4.78 is 2.35. The average molecular weight is 575 g/mol. The fourth-order valence-electron chi connectivity index (χ4n) is 5.92. The first-order chi connectivity index (χ1) is 21.6. The fraction of sp³-hybridized carbons (Fsp3) is 0.143. The van der Waals surface area contributed by atoms with Crippen molar-refractivity contribution in [3.63, 3.8) is 0 Å². The smallest absolute Gasteiger partial charge is 0.0541 e. The highest BCUT2D eigenvalue weighted by Crippen LogP contribution is 2.33. The van der Waals surface area contributed by atoms with E-state index in [-0.39, 0.29) is 0 Å². The van der Waals surface area contributed by atoms with Gasteiger partial charge in [0.25, 0.3) is 0 Å². The lowest BCUT2D eigenvalue weighted by Crippen LogP contribution is -2.19. The number of rotatable bonds is 12. The van der Waals surface area contributed by atoms with Crippen LogP contribution >= 0.6 is 0 Å². The minimum atomic E-state index is 0.952. The highest BCUT2D eigenvalue weighted by molar-refractivity contribution is 6.09. The number of fused-ring (bicyclic) bond motifs is 3. The molecule has 0 atom stereocenters. The van der Waals surface area contributed by atoms with Gasteiger partial charge in [-0.15, -0.1) is 0 Å². The van der Waals surface area contributed by atoms with Crippen LogP contribution < -0.4 is 4.90 Å². The third-order valence-corrected chi connectivity index (χ3v) is 8.12. The van der Waals surface area contributed by atoms with Crippen LogP contribution in [0.1, 0.15) is 40.0 Å². The van der Waals surface area contributed by atoms with Crippen LogP contribution in [-0.2, 0) is 0 Å². The second-order valence-corrected chi connectivity index (χ2v) is 10.8. The van der Waals surface area contributed by atoms with Gasteiger partial charge in [-0.1, -0.05) is 117 Å². The summed E-state index contributed by atoms with van der Waals surface area (Å²) in [5.74, 6) is 0. The zero-order chi connectivity index (χ0) is 30.9. The van der Waals surface area contributed by atoms with Crippen molar-refractivity contribution in [2.24, 2.45) is 0 Å². The summed E-state index contributed by atoms with van der Waals surface area (Å²) in [5.41, 5.74) is 10.5. The number of hydrogen-bond acceptors (Lipinski definition) is 1. The number of para-hydroxylation sites is 2. The van der Waals surface area contributed by atoms with Crippen LogP contribution in [0.15, 0.2) is 170 Å². The molecule has 0 N–H and O–H groups in total. The van der Waals surface area contributed by atoms with Crippen molar-refractivity contribution in [2.45, 2.75) is 40.0 Å². The van der Waals surface area contributed by atoms with Gasteiger partial charge in [-0.2, -0.15) is 0 Å². The SMILES string of the molecule is C=C/C=C(\C=C)N(C(/C=C\C/C(=C/C)CCC)=C/C)c1ccc(-c2ccc(-n3c4ccccc4c4ccccc43)cc2)cc1. The lowest BCUT2D eigenvalue weighted by atomic mass is 10.0. The molecular weight excluding hydrogens is 532 g/mol. The van der Waals surface area contributed by atoms with Crippen molar-refractivity contribution >= 4 is 27.5 Å². The Labute approximate surface area is 263 Å². The van der Waals surface area contributed by atoms with E-state index in [1.165, 1.54) is 38.5 Å². The molecule has 5 rings (SSSR count). The molecule has 0 aliphatic rings. The van der Waals surface area contributed by atoms with E-state index in [1.54, 1.807) is 0 Å². The monoisotopic (exact) mass is 574 g/mol. The summed E-state index contributed by atoms with van der Waals surface area (Å²) in [6.07, 6.45) is 17.8. The standard InChI is InChI=1S/C42H42N2/c1-6-16-32(8-3)18-15-19-36(10-5)43(35(9-4)17-7-2)37-28-24-33(25-29-37)34-26-30-38(31-27-34)44-41-22-13-11-20-39(41)40-21-12-14-23-42(40)44/h7-15,17,19-31H,2,4,6,16,18H2,1,3,5H3/b19-15-,32-8+,35-17+,36-10+. The van der Waals surface area contributed by atoms with Gasteiger partial charge in [0.15, 0.2) is 0 Å². The summed E-state index contributed by atoms with van der Waals surface area (Å²) in [4.78, 5) is 2.23. The summed E-state index contributed by atoms with van der Waals surface area (Å²) in [6, 6.07) is 34.9. The first kappa shape index (κ1) is 30.4. The molecule has 0 bridgehead atoms. The molecule has 1 heterocycles. The number of benzene rings is 4. The topological polar surface area (TPSA) is 8.17 Å². The predicted octanol–water partition coefficient (Wildman–Crippen LogP) is 12.1. The van der Waals surface area contributed by atoms with Crippen LogP contribution in [0.3, 0.4) is 0 Å². The van der Waals surface area contributed by atoms with Crippen molar-refractivity contribution in [1.82, 2.24) is 4.57 Å². The lowest BCUT2D eigenvalue weighted by molar-refractivity contribution is 0.876. The van der Waals surface area contributed by atoms with E-state index in [0.717, 1.165) is 42.0 Å². The van der Waals surface area contributed by atoms with E-state index in [4.69, 9.17) is 0 Å². The maximum Gasteiger partial charge on any atom is 0.0541 e. The molecule has 220 valence electrons. The predicted molar refractivity (Wildman–Crippen MR) is 193 cm³/mol. The Morgan fingerprint density at radius 1 is 0.727 bits per heavy atom. The zero-order valence-corrected chi connectivity index (χ0v) is 26.2. The molecule has 0 saturated carbocycles. The minimum absolute atomic E-state index is 0.952. The average Bonchev–Trinajstić information content (AvgIpc) is 3.41. The number of hydrogen-bond donors (Lipinski definition) is 0. The zero-order valence-electron chi connectivity index (χ0n) is 26.2. The highest BCUT2D eigenvalue weighted by atomic mass is 15.1. The first-order valence-corrected chi connectivity index (χ1v) is 15.5. The quantitative estimate of drug-likeness (QED) is 0.106. The molecular formula is C42H42N2. The van der Waals surface area contributed by atoms with Gasteiger partial charge in [0.2, 0.25) is 0 Å². The maximum absolute atomic E-state index is 4.10. The Bertz CT molecular complexity index is 1820. The third kappa shape index (κ3) is 6.31. The number of nitrogens with zero attached hydrogens (tertiary/aromatic N) is 2. The normalized spacial score (nSPS) is 12.8. The van der Waals surface area contributed by atoms with Crippen molar-refractivity contribution < 1.29 is 0 Å². The van der Waals surface area contributed by atoms with Crippen LogP contribution in [0.4, 0.5) is 5.69 Å². The summed E-state index contributed by atoms with van der Waals surface area (Å²) in [6.45, 7) is 14.5.